The lowest BCUT2D eigenvalue weighted by atomic mass is 10.0. The van der Waals surface area contributed by atoms with Crippen LogP contribution in [0.1, 0.15) is 24.1 Å². The molecule has 0 spiro atoms. The van der Waals surface area contributed by atoms with E-state index in [0.717, 1.165) is 48.7 Å². The van der Waals surface area contributed by atoms with E-state index in [1.54, 1.807) is 0 Å². The molecule has 1 aliphatic heterocycles. The van der Waals surface area contributed by atoms with E-state index in [0.29, 0.717) is 6.54 Å². The molecule has 0 aliphatic carbocycles. The zero-order valence-electron chi connectivity index (χ0n) is 10.2. The molecule has 0 fully saturated rings. The second-order valence-corrected chi connectivity index (χ2v) is 4.86. The molecule has 0 bridgehead atoms. The molecule has 0 saturated heterocycles. The summed E-state index contributed by atoms with van der Waals surface area (Å²) in [5, 5.41) is 0.858. The number of aromatic nitrogens is 1. The van der Waals surface area contributed by atoms with E-state index in [1.165, 1.54) is 17.8 Å². The predicted octanol–water partition coefficient (Wildman–Crippen LogP) is 2.76. The first-order valence-corrected chi connectivity index (χ1v) is 6.41. The van der Waals surface area contributed by atoms with E-state index in [9.17, 15) is 8.78 Å². The molecule has 96 valence electrons. The maximum atomic E-state index is 13.4. The molecule has 2 nitrogen and oxygen atoms in total. The van der Waals surface area contributed by atoms with Gasteiger partial charge >= 0.3 is 0 Å². The van der Waals surface area contributed by atoms with Crippen molar-refractivity contribution < 1.29 is 8.78 Å². The van der Waals surface area contributed by atoms with Crippen LogP contribution in [-0.2, 0) is 19.4 Å². The number of nitrogens with two attached hydrogens (primary N) is 1. The third kappa shape index (κ3) is 1.63. The van der Waals surface area contributed by atoms with Crippen LogP contribution in [0.2, 0.25) is 0 Å². The SMILES string of the molecule is NCCCc1c2n(c3cc(F)c(F)cc13)CCC2. The summed E-state index contributed by atoms with van der Waals surface area (Å²) in [6, 6.07) is 2.66. The molecular weight excluding hydrogens is 234 g/mol. The van der Waals surface area contributed by atoms with Crippen molar-refractivity contribution >= 4 is 10.9 Å². The summed E-state index contributed by atoms with van der Waals surface area (Å²) < 4.78 is 28.9. The minimum Gasteiger partial charge on any atom is -0.344 e. The van der Waals surface area contributed by atoms with Gasteiger partial charge < -0.3 is 10.3 Å². The first-order chi connectivity index (χ1) is 8.72. The van der Waals surface area contributed by atoms with Gasteiger partial charge in [0.2, 0.25) is 0 Å². The topological polar surface area (TPSA) is 30.9 Å². The van der Waals surface area contributed by atoms with Crippen molar-refractivity contribution in [3.8, 4) is 0 Å². The monoisotopic (exact) mass is 250 g/mol. The van der Waals surface area contributed by atoms with Gasteiger partial charge in [-0.3, -0.25) is 0 Å². The summed E-state index contributed by atoms with van der Waals surface area (Å²) in [6.07, 6.45) is 3.81. The molecular formula is C14H16F2N2. The van der Waals surface area contributed by atoms with Crippen molar-refractivity contribution in [3.63, 3.8) is 0 Å². The fraction of sp³-hybridized carbons (Fsp3) is 0.429. The maximum absolute atomic E-state index is 13.4. The molecule has 0 atom stereocenters. The van der Waals surface area contributed by atoms with Crippen LogP contribution in [0.3, 0.4) is 0 Å². The Kier molecular flexibility index (Phi) is 2.82. The van der Waals surface area contributed by atoms with E-state index in [2.05, 4.69) is 4.57 Å². The summed E-state index contributed by atoms with van der Waals surface area (Å²) in [5.41, 5.74) is 8.77. The number of fused-ring (bicyclic) bond motifs is 3. The lowest BCUT2D eigenvalue weighted by molar-refractivity contribution is 0.510. The van der Waals surface area contributed by atoms with Gasteiger partial charge in [0.05, 0.1) is 5.52 Å². The normalized spacial score (nSPS) is 14.4. The number of benzene rings is 1. The summed E-state index contributed by atoms with van der Waals surface area (Å²) >= 11 is 0. The Labute approximate surface area is 104 Å². The molecule has 1 aromatic heterocycles. The van der Waals surface area contributed by atoms with Crippen LogP contribution in [0.15, 0.2) is 12.1 Å². The second-order valence-electron chi connectivity index (χ2n) is 4.86. The number of halogens is 2. The minimum atomic E-state index is -0.764. The largest absolute Gasteiger partial charge is 0.344 e. The summed E-state index contributed by atoms with van der Waals surface area (Å²) in [4.78, 5) is 0. The number of hydrogen-bond donors (Lipinski definition) is 1. The van der Waals surface area contributed by atoms with Gasteiger partial charge in [0, 0.05) is 23.7 Å². The van der Waals surface area contributed by atoms with Crippen LogP contribution in [0.4, 0.5) is 8.78 Å². The van der Waals surface area contributed by atoms with Gasteiger partial charge in [-0.25, -0.2) is 8.78 Å². The molecule has 4 heteroatoms. The van der Waals surface area contributed by atoms with E-state index in [-0.39, 0.29) is 0 Å². The molecule has 0 amide bonds. The Balaban J connectivity index is 2.23. The molecule has 2 aromatic rings. The number of aryl methyl sites for hydroxylation is 2. The van der Waals surface area contributed by atoms with Gasteiger partial charge in [-0.05, 0) is 43.9 Å². The van der Waals surface area contributed by atoms with Gasteiger partial charge in [0.15, 0.2) is 11.6 Å². The summed E-state index contributed by atoms with van der Waals surface area (Å²) in [7, 11) is 0. The molecule has 0 radical (unpaired) electrons. The Morgan fingerprint density at radius 1 is 1.22 bits per heavy atom. The summed E-state index contributed by atoms with van der Waals surface area (Å²) in [6.45, 7) is 1.52. The molecule has 18 heavy (non-hydrogen) atoms. The number of rotatable bonds is 3. The second kappa shape index (κ2) is 4.35. The van der Waals surface area contributed by atoms with Gasteiger partial charge in [-0.15, -0.1) is 0 Å². The molecule has 2 heterocycles. The Hall–Kier alpha value is -1.42. The fourth-order valence-electron chi connectivity index (χ4n) is 2.97. The minimum absolute atomic E-state index is 0.621. The first-order valence-electron chi connectivity index (χ1n) is 6.41. The molecule has 2 N–H and O–H groups in total. The average Bonchev–Trinajstić information content (AvgIpc) is 2.90. The summed E-state index contributed by atoms with van der Waals surface area (Å²) in [5.74, 6) is -1.53. The third-order valence-corrected chi connectivity index (χ3v) is 3.75. The van der Waals surface area contributed by atoms with Crippen molar-refractivity contribution in [1.82, 2.24) is 4.57 Å². The maximum Gasteiger partial charge on any atom is 0.160 e. The zero-order valence-corrected chi connectivity index (χ0v) is 10.2. The van der Waals surface area contributed by atoms with Crippen molar-refractivity contribution in [1.29, 1.82) is 0 Å². The van der Waals surface area contributed by atoms with E-state index < -0.39 is 11.6 Å². The van der Waals surface area contributed by atoms with Crippen molar-refractivity contribution in [3.05, 3.63) is 35.0 Å². The highest BCUT2D eigenvalue weighted by atomic mass is 19.2. The van der Waals surface area contributed by atoms with Gasteiger partial charge in [-0.2, -0.15) is 0 Å². The van der Waals surface area contributed by atoms with Gasteiger partial charge in [0.1, 0.15) is 0 Å². The quantitative estimate of drug-likeness (QED) is 0.892. The van der Waals surface area contributed by atoms with Crippen LogP contribution >= 0.6 is 0 Å². The number of nitrogens with zero attached hydrogens (tertiary/aromatic N) is 1. The Morgan fingerprint density at radius 3 is 2.78 bits per heavy atom. The fourth-order valence-corrected chi connectivity index (χ4v) is 2.97. The van der Waals surface area contributed by atoms with Gasteiger partial charge in [-0.1, -0.05) is 0 Å². The standard InChI is InChI=1S/C14H16F2N2/c15-11-7-10-9(3-1-5-17)13-4-2-6-18(13)14(10)8-12(11)16/h7-8H,1-6,17H2. The van der Waals surface area contributed by atoms with E-state index >= 15 is 0 Å². The molecule has 1 aliphatic rings. The predicted molar refractivity (Wildman–Crippen MR) is 67.6 cm³/mol. The molecule has 0 unspecified atom stereocenters. The highest BCUT2D eigenvalue weighted by Crippen LogP contribution is 2.33. The van der Waals surface area contributed by atoms with Crippen molar-refractivity contribution in [2.24, 2.45) is 5.73 Å². The van der Waals surface area contributed by atoms with Crippen LogP contribution in [0.25, 0.3) is 10.9 Å². The van der Waals surface area contributed by atoms with Crippen LogP contribution in [0, 0.1) is 11.6 Å². The third-order valence-electron chi connectivity index (χ3n) is 3.75. The van der Waals surface area contributed by atoms with Crippen molar-refractivity contribution in [2.75, 3.05) is 6.54 Å². The van der Waals surface area contributed by atoms with Crippen LogP contribution in [-0.4, -0.2) is 11.1 Å². The van der Waals surface area contributed by atoms with Crippen molar-refractivity contribution in [2.45, 2.75) is 32.2 Å². The lowest BCUT2D eigenvalue weighted by Gasteiger charge is -2.01. The highest BCUT2D eigenvalue weighted by Gasteiger charge is 2.22. The molecule has 0 saturated carbocycles. The zero-order chi connectivity index (χ0) is 12.7. The molecule has 1 aromatic carbocycles. The highest BCUT2D eigenvalue weighted by molar-refractivity contribution is 5.86. The number of hydrogen-bond acceptors (Lipinski definition) is 1. The Bertz CT molecular complexity index is 602. The van der Waals surface area contributed by atoms with E-state index in [4.69, 9.17) is 5.73 Å². The van der Waals surface area contributed by atoms with E-state index in [1.807, 2.05) is 0 Å². The first kappa shape index (κ1) is 11.7. The van der Waals surface area contributed by atoms with Crippen LogP contribution in [0.5, 0.6) is 0 Å². The van der Waals surface area contributed by atoms with Gasteiger partial charge in [0.25, 0.3) is 0 Å². The van der Waals surface area contributed by atoms with Crippen LogP contribution < -0.4 is 5.73 Å². The molecule has 3 rings (SSSR count). The Morgan fingerprint density at radius 2 is 2.00 bits per heavy atom. The smallest absolute Gasteiger partial charge is 0.160 e. The lowest BCUT2D eigenvalue weighted by Crippen LogP contribution is -2.01. The average molecular weight is 250 g/mol.